The quantitative estimate of drug-likeness (QED) is 0.812. The lowest BCUT2D eigenvalue weighted by atomic mass is 9.98. The zero-order valence-electron chi connectivity index (χ0n) is 11.1. The second kappa shape index (κ2) is 5.86. The molecule has 0 saturated carbocycles. The first kappa shape index (κ1) is 13.0. The summed E-state index contributed by atoms with van der Waals surface area (Å²) < 4.78 is 0. The summed E-state index contributed by atoms with van der Waals surface area (Å²) in [6.07, 6.45) is 2.30. The summed E-state index contributed by atoms with van der Waals surface area (Å²) in [5, 5.41) is 3.35. The molecule has 0 radical (unpaired) electrons. The van der Waals surface area contributed by atoms with E-state index >= 15 is 0 Å². The maximum Gasteiger partial charge on any atom is 0.0165 e. The molecule has 1 aromatic carbocycles. The van der Waals surface area contributed by atoms with Crippen LogP contribution in [0, 0.1) is 20.8 Å². The van der Waals surface area contributed by atoms with Crippen molar-refractivity contribution in [3.63, 3.8) is 0 Å². The number of aryl methyl sites for hydroxylation is 3. The van der Waals surface area contributed by atoms with Crippen LogP contribution < -0.4 is 5.32 Å². The zero-order valence-corrected chi connectivity index (χ0v) is 11.1. The fourth-order valence-electron chi connectivity index (χ4n) is 2.04. The van der Waals surface area contributed by atoms with E-state index in [9.17, 15) is 0 Å². The molecule has 1 aromatic rings. The number of likely N-dealkylation sites (N-methyl/N-ethyl adjacent to an activating group) is 1. The molecule has 0 saturated heterocycles. The molecule has 0 aliphatic heterocycles. The van der Waals surface area contributed by atoms with E-state index in [0.717, 1.165) is 13.1 Å². The van der Waals surface area contributed by atoms with Gasteiger partial charge < -0.3 is 5.32 Å². The Morgan fingerprint density at radius 2 is 1.75 bits per heavy atom. The van der Waals surface area contributed by atoms with Crippen LogP contribution in [0.2, 0.25) is 0 Å². The van der Waals surface area contributed by atoms with Crippen molar-refractivity contribution < 1.29 is 0 Å². The lowest BCUT2D eigenvalue weighted by molar-refractivity contribution is 0.778. The molecular formula is C15H23N. The van der Waals surface area contributed by atoms with E-state index in [0.29, 0.717) is 0 Å². The largest absolute Gasteiger partial charge is 0.313 e. The third-order valence-corrected chi connectivity index (χ3v) is 2.78. The van der Waals surface area contributed by atoms with Crippen molar-refractivity contribution in [3.05, 3.63) is 40.0 Å². The molecule has 0 heterocycles. The Morgan fingerprint density at radius 3 is 2.25 bits per heavy atom. The van der Waals surface area contributed by atoms with Crippen molar-refractivity contribution in [2.24, 2.45) is 0 Å². The van der Waals surface area contributed by atoms with Crippen LogP contribution in [0.15, 0.2) is 17.7 Å². The third kappa shape index (κ3) is 3.49. The van der Waals surface area contributed by atoms with Crippen molar-refractivity contribution >= 4 is 6.08 Å². The van der Waals surface area contributed by atoms with Gasteiger partial charge in [0.15, 0.2) is 0 Å². The van der Waals surface area contributed by atoms with Gasteiger partial charge in [-0.3, -0.25) is 0 Å². The Labute approximate surface area is 99.6 Å². The minimum atomic E-state index is 0.975. The first-order valence-corrected chi connectivity index (χ1v) is 6.00. The van der Waals surface area contributed by atoms with Crippen LogP contribution in [0.4, 0.5) is 0 Å². The molecule has 0 amide bonds. The molecule has 1 nitrogen and oxygen atoms in total. The number of nitrogens with one attached hydrogen (secondary N) is 1. The lowest BCUT2D eigenvalue weighted by Crippen LogP contribution is -2.14. The smallest absolute Gasteiger partial charge is 0.0165 e. The fraction of sp³-hybridized carbons (Fsp3) is 0.467. The average molecular weight is 217 g/mol. The predicted molar refractivity (Wildman–Crippen MR) is 72.8 cm³/mol. The number of benzene rings is 1. The predicted octanol–water partition coefficient (Wildman–Crippen LogP) is 3.62. The molecule has 1 N–H and O–H groups in total. The van der Waals surface area contributed by atoms with E-state index in [1.165, 1.54) is 27.8 Å². The van der Waals surface area contributed by atoms with Gasteiger partial charge in [-0.1, -0.05) is 36.3 Å². The SMILES string of the molecule is CCNCC(C)=Cc1c(C)cc(C)cc1C. The van der Waals surface area contributed by atoms with Crippen molar-refractivity contribution in [3.8, 4) is 0 Å². The average Bonchev–Trinajstić information content (AvgIpc) is 2.20. The molecule has 0 unspecified atom stereocenters. The molecular weight excluding hydrogens is 194 g/mol. The topological polar surface area (TPSA) is 12.0 Å². The highest BCUT2D eigenvalue weighted by Gasteiger charge is 2.01. The number of rotatable bonds is 4. The summed E-state index contributed by atoms with van der Waals surface area (Å²) in [6.45, 7) is 12.8. The first-order chi connectivity index (χ1) is 7.54. The Hall–Kier alpha value is -1.08. The third-order valence-electron chi connectivity index (χ3n) is 2.78. The highest BCUT2D eigenvalue weighted by molar-refractivity contribution is 5.60. The second-order valence-corrected chi connectivity index (χ2v) is 4.58. The summed E-state index contributed by atoms with van der Waals surface area (Å²) in [5.41, 5.74) is 6.84. The van der Waals surface area contributed by atoms with Gasteiger partial charge in [0.2, 0.25) is 0 Å². The van der Waals surface area contributed by atoms with Crippen LogP contribution in [0.5, 0.6) is 0 Å². The van der Waals surface area contributed by atoms with E-state index in [1.54, 1.807) is 0 Å². The Kier molecular flexibility index (Phi) is 4.75. The van der Waals surface area contributed by atoms with Gasteiger partial charge in [-0.2, -0.15) is 0 Å². The molecule has 16 heavy (non-hydrogen) atoms. The highest BCUT2D eigenvalue weighted by atomic mass is 14.8. The molecule has 0 aromatic heterocycles. The minimum absolute atomic E-state index is 0.975. The molecule has 1 rings (SSSR count). The van der Waals surface area contributed by atoms with E-state index in [4.69, 9.17) is 0 Å². The standard InChI is InChI=1S/C15H23N/c1-6-16-10-12(3)9-15-13(4)7-11(2)8-14(15)5/h7-9,16H,6,10H2,1-5H3. The van der Waals surface area contributed by atoms with E-state index in [-0.39, 0.29) is 0 Å². The van der Waals surface area contributed by atoms with Crippen LogP contribution in [0.1, 0.15) is 36.1 Å². The summed E-state index contributed by atoms with van der Waals surface area (Å²) in [6, 6.07) is 4.50. The number of hydrogen-bond donors (Lipinski definition) is 1. The van der Waals surface area contributed by atoms with Gasteiger partial charge in [-0.15, -0.1) is 0 Å². The lowest BCUT2D eigenvalue weighted by Gasteiger charge is -2.09. The Bertz CT molecular complexity index is 365. The zero-order chi connectivity index (χ0) is 12.1. The van der Waals surface area contributed by atoms with Crippen molar-refractivity contribution in [1.29, 1.82) is 0 Å². The van der Waals surface area contributed by atoms with Gasteiger partial charge in [0.1, 0.15) is 0 Å². The monoisotopic (exact) mass is 217 g/mol. The molecule has 0 bridgehead atoms. The summed E-state index contributed by atoms with van der Waals surface area (Å²) >= 11 is 0. The van der Waals surface area contributed by atoms with Gasteiger partial charge in [-0.05, 0) is 50.9 Å². The molecule has 0 spiro atoms. The summed E-state index contributed by atoms with van der Waals surface area (Å²) in [7, 11) is 0. The molecule has 0 fully saturated rings. The van der Waals surface area contributed by atoms with Crippen LogP contribution in [-0.2, 0) is 0 Å². The Balaban J connectivity index is 2.96. The van der Waals surface area contributed by atoms with Gasteiger partial charge in [-0.25, -0.2) is 0 Å². The first-order valence-electron chi connectivity index (χ1n) is 6.00. The molecule has 1 heteroatoms. The maximum atomic E-state index is 3.35. The highest BCUT2D eigenvalue weighted by Crippen LogP contribution is 2.19. The summed E-state index contributed by atoms with van der Waals surface area (Å²) in [4.78, 5) is 0. The van der Waals surface area contributed by atoms with Crippen LogP contribution in [0.25, 0.3) is 6.08 Å². The van der Waals surface area contributed by atoms with Gasteiger partial charge >= 0.3 is 0 Å². The minimum Gasteiger partial charge on any atom is -0.313 e. The Morgan fingerprint density at radius 1 is 1.19 bits per heavy atom. The van der Waals surface area contributed by atoms with Crippen LogP contribution in [-0.4, -0.2) is 13.1 Å². The van der Waals surface area contributed by atoms with Gasteiger partial charge in [0.25, 0.3) is 0 Å². The van der Waals surface area contributed by atoms with Crippen molar-refractivity contribution in [1.82, 2.24) is 5.32 Å². The molecule has 0 aliphatic rings. The number of hydrogen-bond acceptors (Lipinski definition) is 1. The second-order valence-electron chi connectivity index (χ2n) is 4.58. The fourth-order valence-corrected chi connectivity index (χ4v) is 2.04. The van der Waals surface area contributed by atoms with Crippen molar-refractivity contribution in [2.45, 2.75) is 34.6 Å². The molecule has 0 aliphatic carbocycles. The molecule has 88 valence electrons. The maximum absolute atomic E-state index is 3.35. The van der Waals surface area contributed by atoms with Crippen LogP contribution in [0.3, 0.4) is 0 Å². The molecule has 0 atom stereocenters. The summed E-state index contributed by atoms with van der Waals surface area (Å²) in [5.74, 6) is 0. The van der Waals surface area contributed by atoms with Gasteiger partial charge in [0.05, 0.1) is 0 Å². The van der Waals surface area contributed by atoms with Crippen LogP contribution >= 0.6 is 0 Å². The normalized spacial score (nSPS) is 11.9. The van der Waals surface area contributed by atoms with Crippen molar-refractivity contribution in [2.75, 3.05) is 13.1 Å². The van der Waals surface area contributed by atoms with E-state index in [2.05, 4.69) is 58.1 Å². The van der Waals surface area contributed by atoms with Gasteiger partial charge in [0, 0.05) is 6.54 Å². The van der Waals surface area contributed by atoms with E-state index in [1.807, 2.05) is 0 Å². The van der Waals surface area contributed by atoms with E-state index < -0.39 is 0 Å².